The highest BCUT2D eigenvalue weighted by molar-refractivity contribution is 8.00. The number of pyridine rings is 1. The van der Waals surface area contributed by atoms with Gasteiger partial charge in [-0.3, -0.25) is 4.79 Å². The number of fused-ring (bicyclic) bond motifs is 1. The number of H-pyrrole nitrogens is 1. The third-order valence-corrected chi connectivity index (χ3v) is 7.21. The SMILES string of the molecule is CCc1cc(NSCC2(C#N)CC2)ccc1-c1cc(NC(=O)C2CC2)nc2[nH]ccc12. The zero-order valence-electron chi connectivity index (χ0n) is 17.5. The minimum Gasteiger partial charge on any atom is -0.346 e. The monoisotopic (exact) mass is 431 g/mol. The Hall–Kier alpha value is -2.98. The molecule has 1 aromatic carbocycles. The summed E-state index contributed by atoms with van der Waals surface area (Å²) in [6, 6.07) is 12.8. The van der Waals surface area contributed by atoms with Gasteiger partial charge in [0.15, 0.2) is 0 Å². The molecule has 0 saturated heterocycles. The first kappa shape index (κ1) is 20.0. The van der Waals surface area contributed by atoms with Gasteiger partial charge < -0.3 is 15.0 Å². The normalized spacial score (nSPS) is 16.6. The fraction of sp³-hybridized carbons (Fsp3) is 0.375. The predicted molar refractivity (Wildman–Crippen MR) is 126 cm³/mol. The minimum absolute atomic E-state index is 0.0578. The minimum atomic E-state index is -0.122. The molecule has 2 aliphatic rings. The molecule has 2 aliphatic carbocycles. The lowest BCUT2D eigenvalue weighted by Crippen LogP contribution is -2.14. The maximum Gasteiger partial charge on any atom is 0.228 e. The van der Waals surface area contributed by atoms with Crippen LogP contribution < -0.4 is 10.0 Å². The number of rotatable bonds is 8. The molecule has 2 aromatic heterocycles. The van der Waals surface area contributed by atoms with Crippen LogP contribution in [0.2, 0.25) is 0 Å². The van der Waals surface area contributed by atoms with Gasteiger partial charge in [-0.2, -0.15) is 5.26 Å². The molecule has 7 heteroatoms. The lowest BCUT2D eigenvalue weighted by molar-refractivity contribution is -0.117. The Morgan fingerprint density at radius 3 is 2.84 bits per heavy atom. The van der Waals surface area contributed by atoms with Crippen LogP contribution in [0.15, 0.2) is 36.5 Å². The molecule has 6 nitrogen and oxygen atoms in total. The summed E-state index contributed by atoms with van der Waals surface area (Å²) in [5.41, 5.74) is 5.12. The fourth-order valence-corrected chi connectivity index (χ4v) is 4.80. The molecule has 0 bridgehead atoms. The molecular formula is C24H25N5OS. The standard InChI is InChI=1S/C24H25N5OS/c1-2-15-11-17(29-31-14-24(13-25)8-9-24)5-6-18(15)20-12-21(28-23(30)16-3-4-16)27-22-19(20)7-10-26-22/h5-7,10-12,16,29H,2-4,8-9,14H2,1H3,(H2,26,27,28,30). The van der Waals surface area contributed by atoms with Crippen LogP contribution in [0.1, 0.15) is 38.2 Å². The second-order valence-electron chi connectivity index (χ2n) is 8.57. The van der Waals surface area contributed by atoms with Gasteiger partial charge in [-0.15, -0.1) is 0 Å². The molecule has 0 unspecified atom stereocenters. The average molecular weight is 432 g/mol. The Morgan fingerprint density at radius 2 is 2.13 bits per heavy atom. The quantitative estimate of drug-likeness (QED) is 0.409. The lowest BCUT2D eigenvalue weighted by Gasteiger charge is -2.14. The van der Waals surface area contributed by atoms with Gasteiger partial charge in [0.2, 0.25) is 5.91 Å². The van der Waals surface area contributed by atoms with Crippen LogP contribution in [0.5, 0.6) is 0 Å². The van der Waals surface area contributed by atoms with Gasteiger partial charge in [-0.25, -0.2) is 4.98 Å². The van der Waals surface area contributed by atoms with Crippen molar-refractivity contribution in [1.82, 2.24) is 9.97 Å². The van der Waals surface area contributed by atoms with E-state index in [1.807, 2.05) is 18.3 Å². The number of nitriles is 1. The summed E-state index contributed by atoms with van der Waals surface area (Å²) >= 11 is 1.61. The maximum absolute atomic E-state index is 12.3. The Kier molecular flexibility index (Phi) is 5.11. The molecule has 0 atom stereocenters. The van der Waals surface area contributed by atoms with Crippen molar-refractivity contribution in [3.63, 3.8) is 0 Å². The molecule has 1 amide bonds. The number of nitrogens with zero attached hydrogens (tertiary/aromatic N) is 2. The zero-order chi connectivity index (χ0) is 21.4. The predicted octanol–water partition coefficient (Wildman–Crippen LogP) is 5.50. The molecular weight excluding hydrogens is 406 g/mol. The van der Waals surface area contributed by atoms with Crippen LogP contribution in [0, 0.1) is 22.7 Å². The van der Waals surface area contributed by atoms with Gasteiger partial charge >= 0.3 is 0 Å². The van der Waals surface area contributed by atoms with Gasteiger partial charge in [0.05, 0.1) is 11.5 Å². The third-order valence-electron chi connectivity index (χ3n) is 6.13. The topological polar surface area (TPSA) is 93.6 Å². The summed E-state index contributed by atoms with van der Waals surface area (Å²) in [6.45, 7) is 2.15. The van der Waals surface area contributed by atoms with E-state index in [2.05, 4.69) is 51.2 Å². The molecule has 31 heavy (non-hydrogen) atoms. The molecule has 2 saturated carbocycles. The van der Waals surface area contributed by atoms with Gasteiger partial charge in [-0.1, -0.05) is 24.9 Å². The highest BCUT2D eigenvalue weighted by atomic mass is 32.2. The van der Waals surface area contributed by atoms with Crippen molar-refractivity contribution in [3.8, 4) is 17.2 Å². The van der Waals surface area contributed by atoms with Crippen molar-refractivity contribution < 1.29 is 4.79 Å². The van der Waals surface area contributed by atoms with Crippen LogP contribution >= 0.6 is 11.9 Å². The Bertz CT molecular complexity index is 1190. The van der Waals surface area contributed by atoms with Crippen molar-refractivity contribution in [3.05, 3.63) is 42.1 Å². The number of anilines is 2. The van der Waals surface area contributed by atoms with Crippen LogP contribution in [0.3, 0.4) is 0 Å². The number of benzene rings is 1. The van der Waals surface area contributed by atoms with E-state index < -0.39 is 0 Å². The summed E-state index contributed by atoms with van der Waals surface area (Å²) < 4.78 is 3.41. The summed E-state index contributed by atoms with van der Waals surface area (Å²) in [6.07, 6.45) is 6.71. The van der Waals surface area contributed by atoms with E-state index in [1.54, 1.807) is 11.9 Å². The molecule has 5 rings (SSSR count). The summed E-state index contributed by atoms with van der Waals surface area (Å²) in [5.74, 6) is 1.59. The highest BCUT2D eigenvalue weighted by Gasteiger charge is 2.43. The fourth-order valence-electron chi connectivity index (χ4n) is 3.81. The molecule has 2 fully saturated rings. The number of hydrogen-bond acceptors (Lipinski definition) is 5. The van der Waals surface area contributed by atoms with E-state index in [9.17, 15) is 10.1 Å². The van der Waals surface area contributed by atoms with Crippen LogP contribution in [0.25, 0.3) is 22.2 Å². The number of carbonyl (C=O) groups is 1. The second-order valence-corrected chi connectivity index (χ2v) is 9.35. The van der Waals surface area contributed by atoms with E-state index in [4.69, 9.17) is 0 Å². The summed E-state index contributed by atoms with van der Waals surface area (Å²) in [7, 11) is 0. The lowest BCUT2D eigenvalue weighted by atomic mass is 9.96. The summed E-state index contributed by atoms with van der Waals surface area (Å²) in [4.78, 5) is 20.0. The van der Waals surface area contributed by atoms with Crippen molar-refractivity contribution in [2.45, 2.75) is 39.0 Å². The van der Waals surface area contributed by atoms with Gasteiger partial charge in [0.1, 0.15) is 11.5 Å². The van der Waals surface area contributed by atoms with Crippen LogP contribution in [0.4, 0.5) is 11.5 Å². The number of amides is 1. The van der Waals surface area contributed by atoms with Crippen molar-refractivity contribution in [1.29, 1.82) is 5.26 Å². The first-order chi connectivity index (χ1) is 15.1. The zero-order valence-corrected chi connectivity index (χ0v) is 18.3. The number of carbonyl (C=O) groups excluding carboxylic acids is 1. The van der Waals surface area contributed by atoms with Crippen molar-refractivity contribution in [2.75, 3.05) is 15.8 Å². The smallest absolute Gasteiger partial charge is 0.228 e. The Labute approximate surface area is 186 Å². The first-order valence-corrected chi connectivity index (χ1v) is 11.8. The third kappa shape index (κ3) is 4.13. The molecule has 2 heterocycles. The van der Waals surface area contributed by atoms with Crippen LogP contribution in [-0.2, 0) is 11.2 Å². The summed E-state index contributed by atoms with van der Waals surface area (Å²) in [5, 5.41) is 13.3. The Morgan fingerprint density at radius 1 is 1.29 bits per heavy atom. The maximum atomic E-state index is 12.3. The van der Waals surface area contributed by atoms with Crippen LogP contribution in [-0.4, -0.2) is 21.6 Å². The van der Waals surface area contributed by atoms with Gasteiger partial charge in [-0.05, 0) is 73.1 Å². The van der Waals surface area contributed by atoms with Gasteiger partial charge in [0.25, 0.3) is 0 Å². The largest absolute Gasteiger partial charge is 0.346 e. The van der Waals surface area contributed by atoms with Crippen molar-refractivity contribution in [2.24, 2.45) is 11.3 Å². The van der Waals surface area contributed by atoms with E-state index in [1.165, 1.54) is 5.56 Å². The number of aromatic amines is 1. The molecule has 158 valence electrons. The Balaban J connectivity index is 1.42. The van der Waals surface area contributed by atoms with Crippen molar-refractivity contribution >= 4 is 40.4 Å². The molecule has 0 radical (unpaired) electrons. The number of hydrogen-bond donors (Lipinski definition) is 3. The number of aryl methyl sites for hydroxylation is 1. The first-order valence-electron chi connectivity index (χ1n) is 10.8. The van der Waals surface area contributed by atoms with Gasteiger partial charge in [0, 0.05) is 28.9 Å². The number of aromatic nitrogens is 2. The van der Waals surface area contributed by atoms with E-state index in [-0.39, 0.29) is 17.2 Å². The second kappa shape index (κ2) is 7.93. The molecule has 0 aliphatic heterocycles. The van der Waals surface area contributed by atoms with E-state index in [0.29, 0.717) is 5.82 Å². The average Bonchev–Trinajstić information content (AvgIpc) is 3.71. The van der Waals surface area contributed by atoms with E-state index in [0.717, 1.165) is 65.7 Å². The molecule has 3 aromatic rings. The number of nitrogens with one attached hydrogen (secondary N) is 3. The highest BCUT2D eigenvalue weighted by Crippen LogP contribution is 2.47. The molecule has 3 N–H and O–H groups in total. The van der Waals surface area contributed by atoms with E-state index >= 15 is 0 Å². The molecule has 0 spiro atoms.